The van der Waals surface area contributed by atoms with Crippen molar-refractivity contribution in [3.63, 3.8) is 0 Å². The Balaban J connectivity index is 1.71. The van der Waals surface area contributed by atoms with E-state index in [2.05, 4.69) is 10.3 Å². The summed E-state index contributed by atoms with van der Waals surface area (Å²) < 4.78 is 35.8. The number of alkyl halides is 3. The topological polar surface area (TPSA) is 54.0 Å². The molecule has 1 aromatic carbocycles. The Morgan fingerprint density at radius 3 is 2.65 bits per heavy atom. The molecule has 0 spiro atoms. The van der Waals surface area contributed by atoms with E-state index in [4.69, 9.17) is 0 Å². The van der Waals surface area contributed by atoms with Crippen molar-refractivity contribution in [2.24, 2.45) is 0 Å². The Morgan fingerprint density at radius 1 is 1.22 bits per heavy atom. The molecule has 0 unspecified atom stereocenters. The fourth-order valence-corrected chi connectivity index (χ4v) is 2.71. The summed E-state index contributed by atoms with van der Waals surface area (Å²) in [6.07, 6.45) is -3.77. The van der Waals surface area contributed by atoms with E-state index in [0.29, 0.717) is 13.0 Å². The van der Waals surface area contributed by atoms with Crippen LogP contribution < -0.4 is 10.6 Å². The van der Waals surface area contributed by atoms with E-state index in [9.17, 15) is 18.0 Å². The molecule has 1 aromatic heterocycles. The number of hydrogen-bond donors (Lipinski definition) is 2. The van der Waals surface area contributed by atoms with E-state index in [1.807, 2.05) is 41.0 Å². The van der Waals surface area contributed by atoms with Crippen molar-refractivity contribution >= 4 is 17.2 Å². The van der Waals surface area contributed by atoms with Crippen molar-refractivity contribution in [2.75, 3.05) is 19.6 Å². The molecular formula is C15H16F3N3OS. The van der Waals surface area contributed by atoms with Gasteiger partial charge in [-0.15, -0.1) is 11.3 Å². The molecule has 0 bridgehead atoms. The first-order valence-electron chi connectivity index (χ1n) is 6.98. The summed E-state index contributed by atoms with van der Waals surface area (Å²) in [6, 6.07) is 9.74. The predicted molar refractivity (Wildman–Crippen MR) is 83.2 cm³/mol. The second kappa shape index (κ2) is 8.07. The van der Waals surface area contributed by atoms with Crippen molar-refractivity contribution in [3.8, 4) is 10.6 Å². The molecule has 23 heavy (non-hydrogen) atoms. The Bertz CT molecular complexity index is 628. The minimum Gasteiger partial charge on any atom is -0.355 e. The second-order valence-electron chi connectivity index (χ2n) is 4.83. The fraction of sp³-hybridized carbons (Fsp3) is 0.333. The van der Waals surface area contributed by atoms with Crippen LogP contribution in [-0.2, 0) is 11.2 Å². The molecule has 0 atom stereocenters. The first-order valence-corrected chi connectivity index (χ1v) is 7.86. The predicted octanol–water partition coefficient (Wildman–Crippen LogP) is 2.62. The van der Waals surface area contributed by atoms with Crippen LogP contribution in [0.1, 0.15) is 5.69 Å². The zero-order valence-electron chi connectivity index (χ0n) is 12.2. The first kappa shape index (κ1) is 17.4. The van der Waals surface area contributed by atoms with Crippen LogP contribution in [0, 0.1) is 0 Å². The van der Waals surface area contributed by atoms with Crippen LogP contribution in [0.15, 0.2) is 35.7 Å². The number of amides is 1. The minimum absolute atomic E-state index is 0.338. The average molecular weight is 343 g/mol. The molecule has 8 heteroatoms. The van der Waals surface area contributed by atoms with Gasteiger partial charge in [0.25, 0.3) is 0 Å². The molecule has 2 rings (SSSR count). The van der Waals surface area contributed by atoms with Crippen LogP contribution in [0.5, 0.6) is 0 Å². The van der Waals surface area contributed by atoms with Gasteiger partial charge < -0.3 is 10.6 Å². The van der Waals surface area contributed by atoms with Gasteiger partial charge in [0.1, 0.15) is 5.01 Å². The highest BCUT2D eigenvalue weighted by Crippen LogP contribution is 2.23. The summed E-state index contributed by atoms with van der Waals surface area (Å²) in [7, 11) is 0. The van der Waals surface area contributed by atoms with Crippen molar-refractivity contribution in [1.82, 2.24) is 15.6 Å². The minimum atomic E-state index is -4.31. The third-order valence-corrected chi connectivity index (χ3v) is 3.83. The summed E-state index contributed by atoms with van der Waals surface area (Å²) in [5.41, 5.74) is 1.88. The summed E-state index contributed by atoms with van der Waals surface area (Å²) in [6.45, 7) is -1.19. The van der Waals surface area contributed by atoms with Gasteiger partial charge in [0.05, 0.1) is 18.8 Å². The monoisotopic (exact) mass is 343 g/mol. The first-order chi connectivity index (χ1) is 10.9. The largest absolute Gasteiger partial charge is 0.401 e. The van der Waals surface area contributed by atoms with Gasteiger partial charge in [-0.25, -0.2) is 4.98 Å². The average Bonchev–Trinajstić information content (AvgIpc) is 2.96. The Kier molecular flexibility index (Phi) is 6.12. The van der Waals surface area contributed by atoms with Crippen LogP contribution >= 0.6 is 11.3 Å². The third-order valence-electron chi connectivity index (χ3n) is 2.89. The maximum Gasteiger partial charge on any atom is 0.401 e. The number of halogens is 3. The lowest BCUT2D eigenvalue weighted by atomic mass is 10.2. The lowest BCUT2D eigenvalue weighted by molar-refractivity contribution is -0.128. The smallest absolute Gasteiger partial charge is 0.355 e. The molecule has 1 heterocycles. The van der Waals surface area contributed by atoms with Crippen LogP contribution in [0.4, 0.5) is 13.2 Å². The maximum atomic E-state index is 11.9. The van der Waals surface area contributed by atoms with Crippen LogP contribution in [-0.4, -0.2) is 36.7 Å². The lowest BCUT2D eigenvalue weighted by Gasteiger charge is -2.08. The van der Waals surface area contributed by atoms with E-state index in [0.717, 1.165) is 16.3 Å². The number of thiazole rings is 1. The van der Waals surface area contributed by atoms with Gasteiger partial charge in [0.15, 0.2) is 0 Å². The number of nitrogens with one attached hydrogen (secondary N) is 2. The van der Waals surface area contributed by atoms with E-state index in [1.165, 1.54) is 11.3 Å². The number of hydrogen-bond acceptors (Lipinski definition) is 4. The molecule has 0 aliphatic rings. The number of nitrogens with zero attached hydrogens (tertiary/aromatic N) is 1. The van der Waals surface area contributed by atoms with E-state index >= 15 is 0 Å². The zero-order chi connectivity index (χ0) is 16.7. The van der Waals surface area contributed by atoms with Crippen molar-refractivity contribution in [1.29, 1.82) is 0 Å². The molecule has 2 N–H and O–H groups in total. The highest BCUT2D eigenvalue weighted by molar-refractivity contribution is 7.13. The van der Waals surface area contributed by atoms with Crippen LogP contribution in [0.25, 0.3) is 10.6 Å². The van der Waals surface area contributed by atoms with E-state index in [1.54, 1.807) is 0 Å². The van der Waals surface area contributed by atoms with Crippen LogP contribution in [0.2, 0.25) is 0 Å². The number of benzene rings is 1. The van der Waals surface area contributed by atoms with E-state index < -0.39 is 18.6 Å². The number of aromatic nitrogens is 1. The van der Waals surface area contributed by atoms with Crippen molar-refractivity contribution in [2.45, 2.75) is 12.6 Å². The number of carbonyl (C=O) groups excluding carboxylic acids is 1. The van der Waals surface area contributed by atoms with Gasteiger partial charge in [-0.2, -0.15) is 13.2 Å². The summed E-state index contributed by atoms with van der Waals surface area (Å²) in [4.78, 5) is 15.9. The summed E-state index contributed by atoms with van der Waals surface area (Å²) in [5.74, 6) is -0.465. The molecule has 0 saturated heterocycles. The molecule has 0 aliphatic carbocycles. The highest BCUT2D eigenvalue weighted by Gasteiger charge is 2.26. The standard InChI is InChI=1S/C15H16F3N3OS/c16-15(17,18)10-19-8-13(22)20-7-6-12-9-23-14(21-12)11-4-2-1-3-5-11/h1-5,9,19H,6-8,10H2,(H,20,22). The molecule has 1 amide bonds. The summed E-state index contributed by atoms with van der Waals surface area (Å²) in [5, 5.41) is 7.43. The Labute approximate surface area is 135 Å². The number of carbonyl (C=O) groups is 1. The molecule has 2 aromatic rings. The van der Waals surface area contributed by atoms with Crippen LogP contribution in [0.3, 0.4) is 0 Å². The highest BCUT2D eigenvalue weighted by atomic mass is 32.1. The Hall–Kier alpha value is -1.93. The quantitative estimate of drug-likeness (QED) is 0.813. The molecular weight excluding hydrogens is 327 g/mol. The molecule has 0 saturated carbocycles. The zero-order valence-corrected chi connectivity index (χ0v) is 13.0. The third kappa shape index (κ3) is 6.37. The van der Waals surface area contributed by atoms with Crippen molar-refractivity contribution < 1.29 is 18.0 Å². The molecule has 0 aliphatic heterocycles. The maximum absolute atomic E-state index is 11.9. The van der Waals surface area contributed by atoms with Gasteiger partial charge >= 0.3 is 6.18 Å². The number of rotatable bonds is 7. The molecule has 0 fully saturated rings. The molecule has 4 nitrogen and oxygen atoms in total. The van der Waals surface area contributed by atoms with E-state index in [-0.39, 0.29) is 6.54 Å². The van der Waals surface area contributed by atoms with Gasteiger partial charge in [0.2, 0.25) is 5.91 Å². The molecule has 124 valence electrons. The lowest BCUT2D eigenvalue weighted by Crippen LogP contribution is -2.38. The molecule has 0 radical (unpaired) electrons. The van der Waals surface area contributed by atoms with Gasteiger partial charge in [-0.3, -0.25) is 4.79 Å². The summed E-state index contributed by atoms with van der Waals surface area (Å²) >= 11 is 1.52. The van der Waals surface area contributed by atoms with Gasteiger partial charge in [0, 0.05) is 23.9 Å². The van der Waals surface area contributed by atoms with Crippen molar-refractivity contribution in [3.05, 3.63) is 41.4 Å². The second-order valence-corrected chi connectivity index (χ2v) is 5.69. The van der Waals surface area contributed by atoms with Gasteiger partial charge in [-0.1, -0.05) is 30.3 Å². The normalized spacial score (nSPS) is 11.4. The SMILES string of the molecule is O=C(CNCC(F)(F)F)NCCc1csc(-c2ccccc2)n1. The Morgan fingerprint density at radius 2 is 1.96 bits per heavy atom. The fourth-order valence-electron chi connectivity index (χ4n) is 1.85. The van der Waals surface area contributed by atoms with Gasteiger partial charge in [-0.05, 0) is 0 Å².